The van der Waals surface area contributed by atoms with Crippen LogP contribution in [0, 0.1) is 5.92 Å². The van der Waals surface area contributed by atoms with Crippen LogP contribution >= 0.6 is 23.9 Å². The summed E-state index contributed by atoms with van der Waals surface area (Å²) in [5, 5.41) is 10.3. The monoisotopic (exact) mass is 387 g/mol. The number of likely N-dealkylation sites (tertiary alicyclic amines) is 1. The Kier molecular flexibility index (Phi) is 7.58. The number of rotatable bonds is 5. The fourth-order valence-corrected chi connectivity index (χ4v) is 4.16. The summed E-state index contributed by atoms with van der Waals surface area (Å²) in [5.41, 5.74) is 0.785. The van der Waals surface area contributed by atoms with Crippen molar-refractivity contribution in [1.82, 2.24) is 25.1 Å². The van der Waals surface area contributed by atoms with Gasteiger partial charge in [0.25, 0.3) is 5.91 Å². The van der Waals surface area contributed by atoms with E-state index >= 15 is 0 Å². The van der Waals surface area contributed by atoms with Gasteiger partial charge in [-0.1, -0.05) is 11.4 Å². The second kappa shape index (κ2) is 9.45. The van der Waals surface area contributed by atoms with Gasteiger partial charge in [0.1, 0.15) is 4.88 Å². The Balaban J connectivity index is 0.00000225. The van der Waals surface area contributed by atoms with Crippen molar-refractivity contribution < 1.29 is 9.59 Å². The fourth-order valence-electron chi connectivity index (χ4n) is 3.44. The zero-order chi connectivity index (χ0) is 16.9. The number of halogens is 1. The third kappa shape index (κ3) is 4.89. The van der Waals surface area contributed by atoms with E-state index < -0.39 is 0 Å². The number of carbonyl (C=O) groups excluding carboxylic acids is 2. The normalized spacial score (nSPS) is 23.2. The minimum atomic E-state index is -0.0401. The molecule has 0 spiro atoms. The van der Waals surface area contributed by atoms with Gasteiger partial charge in [0.05, 0.1) is 11.7 Å². The Morgan fingerprint density at radius 1 is 1.36 bits per heavy atom. The van der Waals surface area contributed by atoms with Crippen LogP contribution in [-0.4, -0.2) is 58.5 Å². The van der Waals surface area contributed by atoms with Crippen LogP contribution in [0.1, 0.15) is 48.0 Å². The lowest BCUT2D eigenvalue weighted by Gasteiger charge is -2.32. The molecule has 3 rings (SSSR count). The number of hydrogen-bond acceptors (Lipinski definition) is 6. The third-order valence-corrected chi connectivity index (χ3v) is 5.59. The number of aromatic nitrogens is 2. The quantitative estimate of drug-likeness (QED) is 0.793. The SMILES string of the molecule is CCc1nnsc1C(=O)N1CCCC(CNC(=O)C2CCCN2)C1.Cl. The molecular formula is C16H26ClN5O2S. The lowest BCUT2D eigenvalue weighted by Crippen LogP contribution is -2.46. The zero-order valence-corrected chi connectivity index (χ0v) is 16.1. The van der Waals surface area contributed by atoms with Crippen LogP contribution in [-0.2, 0) is 11.2 Å². The molecule has 3 heterocycles. The molecule has 2 amide bonds. The van der Waals surface area contributed by atoms with Crippen LogP contribution in [0.3, 0.4) is 0 Å². The van der Waals surface area contributed by atoms with E-state index in [1.165, 1.54) is 11.5 Å². The molecule has 2 atom stereocenters. The molecule has 0 radical (unpaired) electrons. The smallest absolute Gasteiger partial charge is 0.267 e. The topological polar surface area (TPSA) is 87.2 Å². The van der Waals surface area contributed by atoms with E-state index in [2.05, 4.69) is 20.2 Å². The minimum absolute atomic E-state index is 0. The first kappa shape index (κ1) is 20.1. The van der Waals surface area contributed by atoms with Crippen LogP contribution in [0.4, 0.5) is 0 Å². The first-order valence-corrected chi connectivity index (χ1v) is 9.58. The molecule has 2 aliphatic heterocycles. The number of amides is 2. The summed E-state index contributed by atoms with van der Waals surface area (Å²) < 4.78 is 3.91. The van der Waals surface area contributed by atoms with Crippen LogP contribution < -0.4 is 10.6 Å². The summed E-state index contributed by atoms with van der Waals surface area (Å²) in [4.78, 5) is 27.4. The number of nitrogens with one attached hydrogen (secondary N) is 2. The predicted octanol–water partition coefficient (Wildman–Crippen LogP) is 1.24. The number of hydrogen-bond donors (Lipinski definition) is 2. The fraction of sp³-hybridized carbons (Fsp3) is 0.750. The largest absolute Gasteiger partial charge is 0.354 e. The Morgan fingerprint density at radius 3 is 2.92 bits per heavy atom. The molecule has 0 saturated carbocycles. The number of nitrogens with zero attached hydrogens (tertiary/aromatic N) is 3. The molecule has 9 heteroatoms. The van der Waals surface area contributed by atoms with Crippen molar-refractivity contribution in [3.05, 3.63) is 10.6 Å². The van der Waals surface area contributed by atoms with Crippen molar-refractivity contribution in [2.75, 3.05) is 26.2 Å². The van der Waals surface area contributed by atoms with Gasteiger partial charge in [-0.15, -0.1) is 17.5 Å². The number of carbonyl (C=O) groups is 2. The van der Waals surface area contributed by atoms with Crippen molar-refractivity contribution >= 4 is 35.8 Å². The van der Waals surface area contributed by atoms with Crippen LogP contribution in [0.2, 0.25) is 0 Å². The van der Waals surface area contributed by atoms with E-state index in [9.17, 15) is 9.59 Å². The van der Waals surface area contributed by atoms with Crippen molar-refractivity contribution in [3.8, 4) is 0 Å². The first-order chi connectivity index (χ1) is 11.7. The zero-order valence-electron chi connectivity index (χ0n) is 14.5. The highest BCUT2D eigenvalue weighted by molar-refractivity contribution is 7.08. The van der Waals surface area contributed by atoms with Gasteiger partial charge in [0, 0.05) is 19.6 Å². The summed E-state index contributed by atoms with van der Waals surface area (Å²) >= 11 is 1.18. The average Bonchev–Trinajstić information content (AvgIpc) is 3.30. The summed E-state index contributed by atoms with van der Waals surface area (Å²) in [6.07, 6.45) is 4.72. The van der Waals surface area contributed by atoms with Gasteiger partial charge < -0.3 is 15.5 Å². The molecule has 1 aromatic heterocycles. The van der Waals surface area contributed by atoms with Gasteiger partial charge in [-0.3, -0.25) is 9.59 Å². The first-order valence-electron chi connectivity index (χ1n) is 8.80. The molecule has 2 aliphatic rings. The Morgan fingerprint density at radius 2 is 2.20 bits per heavy atom. The Labute approximate surface area is 158 Å². The standard InChI is InChI=1S/C16H25N5O2S.ClH/c1-2-12-14(24-20-19-12)16(23)21-8-4-5-11(10-21)9-18-15(22)13-6-3-7-17-13;/h11,13,17H,2-10H2,1H3,(H,18,22);1H. The second-order valence-corrected chi connectivity index (χ2v) is 7.31. The molecule has 0 aromatic carbocycles. The van der Waals surface area contributed by atoms with Crippen LogP contribution in [0.15, 0.2) is 0 Å². The maximum absolute atomic E-state index is 12.7. The van der Waals surface area contributed by atoms with Crippen LogP contribution in [0.25, 0.3) is 0 Å². The van der Waals surface area contributed by atoms with E-state index in [-0.39, 0.29) is 30.3 Å². The maximum atomic E-state index is 12.7. The van der Waals surface area contributed by atoms with E-state index in [0.29, 0.717) is 23.9 Å². The molecule has 2 saturated heterocycles. The van der Waals surface area contributed by atoms with Gasteiger partial charge in [0.2, 0.25) is 5.91 Å². The molecule has 140 valence electrons. The van der Waals surface area contributed by atoms with E-state index in [0.717, 1.165) is 50.9 Å². The van der Waals surface area contributed by atoms with E-state index in [4.69, 9.17) is 0 Å². The summed E-state index contributed by atoms with van der Waals surface area (Å²) in [6.45, 7) is 5.01. The summed E-state index contributed by atoms with van der Waals surface area (Å²) in [6, 6.07) is -0.0401. The van der Waals surface area contributed by atoms with Gasteiger partial charge in [0.15, 0.2) is 0 Å². The molecule has 1 aromatic rings. The molecule has 2 unspecified atom stereocenters. The Bertz CT molecular complexity index is 591. The average molecular weight is 388 g/mol. The van der Waals surface area contributed by atoms with Crippen molar-refractivity contribution in [3.63, 3.8) is 0 Å². The molecular weight excluding hydrogens is 362 g/mol. The van der Waals surface area contributed by atoms with Gasteiger partial charge in [-0.25, -0.2) is 0 Å². The molecule has 2 fully saturated rings. The maximum Gasteiger partial charge on any atom is 0.267 e. The predicted molar refractivity (Wildman–Crippen MR) is 99.2 cm³/mol. The van der Waals surface area contributed by atoms with Crippen molar-refractivity contribution in [2.45, 2.75) is 45.1 Å². The highest BCUT2D eigenvalue weighted by Crippen LogP contribution is 2.21. The summed E-state index contributed by atoms with van der Waals surface area (Å²) in [5.74, 6) is 0.449. The lowest BCUT2D eigenvalue weighted by atomic mass is 9.97. The third-order valence-electron chi connectivity index (χ3n) is 4.83. The molecule has 7 nitrogen and oxygen atoms in total. The van der Waals surface area contributed by atoms with Crippen molar-refractivity contribution in [2.24, 2.45) is 5.92 Å². The second-order valence-electron chi connectivity index (χ2n) is 6.56. The molecule has 0 bridgehead atoms. The Hall–Kier alpha value is -1.25. The van der Waals surface area contributed by atoms with Gasteiger partial charge >= 0.3 is 0 Å². The van der Waals surface area contributed by atoms with E-state index in [1.807, 2.05) is 11.8 Å². The molecule has 2 N–H and O–H groups in total. The number of piperidine rings is 1. The molecule has 25 heavy (non-hydrogen) atoms. The van der Waals surface area contributed by atoms with Gasteiger partial charge in [-0.2, -0.15) is 0 Å². The minimum Gasteiger partial charge on any atom is -0.354 e. The lowest BCUT2D eigenvalue weighted by molar-refractivity contribution is -0.123. The molecule has 0 aliphatic carbocycles. The number of aryl methyl sites for hydroxylation is 1. The van der Waals surface area contributed by atoms with Gasteiger partial charge in [-0.05, 0) is 56.1 Å². The highest BCUT2D eigenvalue weighted by Gasteiger charge is 2.28. The van der Waals surface area contributed by atoms with Crippen molar-refractivity contribution in [1.29, 1.82) is 0 Å². The summed E-state index contributed by atoms with van der Waals surface area (Å²) in [7, 11) is 0. The van der Waals surface area contributed by atoms with E-state index in [1.54, 1.807) is 0 Å². The van der Waals surface area contributed by atoms with Crippen LogP contribution in [0.5, 0.6) is 0 Å². The highest BCUT2D eigenvalue weighted by atomic mass is 35.5.